The van der Waals surface area contributed by atoms with Crippen LogP contribution in [0.2, 0.25) is 0 Å². The topological polar surface area (TPSA) is 92.2 Å². The summed E-state index contributed by atoms with van der Waals surface area (Å²) in [5.74, 6) is -4.73. The molecule has 4 rings (SSSR count). The fraction of sp³-hybridized carbons (Fsp3) is 0.0800. The second kappa shape index (κ2) is 9.67. The van der Waals surface area contributed by atoms with Gasteiger partial charge in [0.25, 0.3) is 5.91 Å². The van der Waals surface area contributed by atoms with Crippen LogP contribution in [0.5, 0.6) is 0 Å². The Labute approximate surface area is 207 Å². The number of aryl methyl sites for hydroxylation is 2. The van der Waals surface area contributed by atoms with Gasteiger partial charge in [-0.25, -0.2) is 13.5 Å². The lowest BCUT2D eigenvalue weighted by Crippen LogP contribution is -2.36. The zero-order valence-corrected chi connectivity index (χ0v) is 20.2. The molecule has 0 atom stereocenters. The molecule has 0 unspecified atom stereocenters. The maximum atomic E-state index is 13.9. The molecule has 0 radical (unpaired) electrons. The van der Waals surface area contributed by atoms with Gasteiger partial charge in [-0.3, -0.25) is 19.8 Å². The normalized spacial score (nSPS) is 10.8. The van der Waals surface area contributed by atoms with Crippen molar-refractivity contribution in [1.29, 1.82) is 0 Å². The molecule has 0 aliphatic heterocycles. The van der Waals surface area contributed by atoms with Crippen LogP contribution in [0.3, 0.4) is 0 Å². The average Bonchev–Trinajstić information content (AvgIpc) is 3.14. The highest BCUT2D eigenvalue weighted by atomic mass is 79.9. The number of carbonyl (C=O) groups is 3. The minimum Gasteiger partial charge on any atom is -0.320 e. The van der Waals surface area contributed by atoms with Crippen LogP contribution < -0.4 is 16.1 Å². The van der Waals surface area contributed by atoms with E-state index in [1.807, 2.05) is 26.0 Å². The van der Waals surface area contributed by atoms with Crippen molar-refractivity contribution in [3.63, 3.8) is 0 Å². The highest BCUT2D eigenvalue weighted by Crippen LogP contribution is 2.25. The zero-order valence-electron chi connectivity index (χ0n) is 18.6. The molecule has 3 amide bonds. The van der Waals surface area contributed by atoms with Crippen molar-refractivity contribution >= 4 is 55.9 Å². The van der Waals surface area contributed by atoms with Crippen LogP contribution in [0, 0.1) is 25.5 Å². The molecule has 3 N–H and O–H groups in total. The van der Waals surface area contributed by atoms with Crippen molar-refractivity contribution in [2.24, 2.45) is 0 Å². The number of hydrogen-bond acceptors (Lipinski definition) is 3. The lowest BCUT2D eigenvalue weighted by molar-refractivity contribution is -0.133. The maximum Gasteiger partial charge on any atom is 0.328 e. The third kappa shape index (κ3) is 5.22. The van der Waals surface area contributed by atoms with E-state index in [9.17, 15) is 23.2 Å². The van der Waals surface area contributed by atoms with Crippen molar-refractivity contribution in [2.75, 3.05) is 16.1 Å². The van der Waals surface area contributed by atoms with Gasteiger partial charge in [0.15, 0.2) is 0 Å². The summed E-state index contributed by atoms with van der Waals surface area (Å²) in [6, 6.07) is 14.8. The van der Waals surface area contributed by atoms with Crippen LogP contribution in [0.4, 0.5) is 20.2 Å². The third-order valence-electron chi connectivity index (χ3n) is 5.23. The number of rotatable bonds is 4. The molecule has 0 saturated carbocycles. The Morgan fingerprint density at radius 2 is 1.57 bits per heavy atom. The molecule has 0 aliphatic carbocycles. The predicted octanol–water partition coefficient (Wildman–Crippen LogP) is 5.26. The molecule has 0 bridgehead atoms. The summed E-state index contributed by atoms with van der Waals surface area (Å²) >= 11 is 3.37. The first-order valence-corrected chi connectivity index (χ1v) is 11.2. The summed E-state index contributed by atoms with van der Waals surface area (Å²) in [7, 11) is 0. The molecule has 0 spiro atoms. The first-order chi connectivity index (χ1) is 16.6. The Bertz CT molecular complexity index is 1500. The molecule has 1 aromatic heterocycles. The SMILES string of the molecule is Cc1ccc(NC(=O)c2cc3cc(Br)ccc3n2NC(=O)C(=O)Nc2ccc(F)cc2F)c(C)c1. The number of amides is 3. The molecule has 4 aromatic rings. The van der Waals surface area contributed by atoms with Gasteiger partial charge >= 0.3 is 11.8 Å². The van der Waals surface area contributed by atoms with Crippen molar-refractivity contribution in [2.45, 2.75) is 13.8 Å². The van der Waals surface area contributed by atoms with Gasteiger partial charge in [0.05, 0.1) is 11.2 Å². The minimum absolute atomic E-state index is 0.0622. The molecule has 3 aromatic carbocycles. The summed E-state index contributed by atoms with van der Waals surface area (Å²) in [4.78, 5) is 38.2. The predicted molar refractivity (Wildman–Crippen MR) is 133 cm³/mol. The fourth-order valence-corrected chi connectivity index (χ4v) is 3.92. The molecule has 1 heterocycles. The molecular formula is C25H19BrF2N4O3. The zero-order chi connectivity index (χ0) is 25.3. The number of carbonyl (C=O) groups excluding carboxylic acids is 3. The van der Waals surface area contributed by atoms with E-state index < -0.39 is 29.4 Å². The number of anilines is 2. The van der Waals surface area contributed by atoms with Gasteiger partial charge in [-0.1, -0.05) is 33.6 Å². The van der Waals surface area contributed by atoms with Crippen LogP contribution in [0.25, 0.3) is 10.9 Å². The van der Waals surface area contributed by atoms with Crippen LogP contribution in [0.15, 0.2) is 65.1 Å². The molecule has 7 nitrogen and oxygen atoms in total. The van der Waals surface area contributed by atoms with Crippen LogP contribution in [0.1, 0.15) is 21.6 Å². The van der Waals surface area contributed by atoms with Crippen molar-refractivity contribution < 1.29 is 23.2 Å². The highest BCUT2D eigenvalue weighted by Gasteiger charge is 2.22. The first kappa shape index (κ1) is 24.1. The Kier molecular flexibility index (Phi) is 6.65. The number of hydrogen-bond donors (Lipinski definition) is 3. The standard InChI is InChI=1S/C25H19BrF2N4O3/c1-13-3-6-19(14(2)9-13)29-23(33)22-11-15-10-16(26)4-8-21(15)32(22)31-25(35)24(34)30-20-7-5-17(27)12-18(20)28/h3-12H,1-2H3,(H,29,33)(H,30,34)(H,31,35). The summed E-state index contributed by atoms with van der Waals surface area (Å²) in [6.07, 6.45) is 0. The Balaban J connectivity index is 1.64. The van der Waals surface area contributed by atoms with Crippen molar-refractivity contribution in [3.8, 4) is 0 Å². The summed E-state index contributed by atoms with van der Waals surface area (Å²) in [5.41, 5.74) is 5.03. The second-order valence-corrected chi connectivity index (χ2v) is 8.78. The molecule has 35 heavy (non-hydrogen) atoms. The van der Waals surface area contributed by atoms with E-state index >= 15 is 0 Å². The van der Waals surface area contributed by atoms with Gasteiger partial charge in [-0.15, -0.1) is 0 Å². The second-order valence-electron chi connectivity index (χ2n) is 7.86. The Morgan fingerprint density at radius 3 is 2.29 bits per heavy atom. The smallest absolute Gasteiger partial charge is 0.320 e. The fourth-order valence-electron chi connectivity index (χ4n) is 3.54. The average molecular weight is 541 g/mol. The number of fused-ring (bicyclic) bond motifs is 1. The van der Waals surface area contributed by atoms with Crippen molar-refractivity contribution in [3.05, 3.63) is 93.6 Å². The van der Waals surface area contributed by atoms with Gasteiger partial charge in [0, 0.05) is 21.6 Å². The highest BCUT2D eigenvalue weighted by molar-refractivity contribution is 9.10. The van der Waals surface area contributed by atoms with Gasteiger partial charge in [0.1, 0.15) is 17.3 Å². The summed E-state index contributed by atoms with van der Waals surface area (Å²) in [5, 5.41) is 5.53. The van der Waals surface area contributed by atoms with Gasteiger partial charge < -0.3 is 10.6 Å². The van der Waals surface area contributed by atoms with Gasteiger partial charge in [-0.2, -0.15) is 0 Å². The van der Waals surface area contributed by atoms with E-state index in [0.29, 0.717) is 22.7 Å². The largest absolute Gasteiger partial charge is 0.328 e. The molecule has 10 heteroatoms. The Morgan fingerprint density at radius 1 is 0.829 bits per heavy atom. The van der Waals surface area contributed by atoms with Gasteiger partial charge in [-0.05, 0) is 61.9 Å². The quantitative estimate of drug-likeness (QED) is 0.308. The monoisotopic (exact) mass is 540 g/mol. The Hall–Kier alpha value is -4.05. The van der Waals surface area contributed by atoms with E-state index in [4.69, 9.17) is 0 Å². The van der Waals surface area contributed by atoms with Gasteiger partial charge in [0.2, 0.25) is 0 Å². The molecule has 178 valence electrons. The lowest BCUT2D eigenvalue weighted by atomic mass is 10.1. The number of benzene rings is 3. The number of nitrogens with one attached hydrogen (secondary N) is 3. The minimum atomic E-state index is -1.20. The van der Waals surface area contributed by atoms with Crippen LogP contribution >= 0.6 is 15.9 Å². The summed E-state index contributed by atoms with van der Waals surface area (Å²) < 4.78 is 28.9. The number of halogens is 3. The third-order valence-corrected chi connectivity index (χ3v) is 5.72. The van der Waals surface area contributed by atoms with E-state index in [-0.39, 0.29) is 11.4 Å². The molecular weight excluding hydrogens is 522 g/mol. The lowest BCUT2D eigenvalue weighted by Gasteiger charge is -2.14. The van der Waals surface area contributed by atoms with E-state index in [1.54, 1.807) is 30.3 Å². The van der Waals surface area contributed by atoms with E-state index in [1.165, 1.54) is 4.68 Å². The number of nitrogens with zero attached hydrogens (tertiary/aromatic N) is 1. The van der Waals surface area contributed by atoms with E-state index in [0.717, 1.165) is 27.7 Å². The maximum absolute atomic E-state index is 13.9. The van der Waals surface area contributed by atoms with Crippen LogP contribution in [-0.4, -0.2) is 22.4 Å². The molecule has 0 fully saturated rings. The first-order valence-electron chi connectivity index (χ1n) is 10.4. The molecule has 0 saturated heterocycles. The van der Waals surface area contributed by atoms with E-state index in [2.05, 4.69) is 32.0 Å². The van der Waals surface area contributed by atoms with Crippen molar-refractivity contribution in [1.82, 2.24) is 4.68 Å². The summed E-state index contributed by atoms with van der Waals surface area (Å²) in [6.45, 7) is 3.79. The molecule has 0 aliphatic rings. The van der Waals surface area contributed by atoms with Crippen LogP contribution in [-0.2, 0) is 9.59 Å². The number of aromatic nitrogens is 1.